The zero-order valence-electron chi connectivity index (χ0n) is 11.1. The van der Waals surface area contributed by atoms with Crippen LogP contribution in [0.25, 0.3) is 0 Å². The monoisotopic (exact) mass is 256 g/mol. The van der Waals surface area contributed by atoms with Gasteiger partial charge in [0.15, 0.2) is 0 Å². The predicted molar refractivity (Wildman–Crippen MR) is 70.1 cm³/mol. The molecule has 18 heavy (non-hydrogen) atoms. The zero-order chi connectivity index (χ0) is 13.5. The van der Waals surface area contributed by atoms with E-state index in [1.807, 2.05) is 0 Å². The second-order valence-electron chi connectivity index (χ2n) is 5.01. The molecule has 0 saturated heterocycles. The highest BCUT2D eigenvalue weighted by molar-refractivity contribution is 5.18. The van der Waals surface area contributed by atoms with Gasteiger partial charge in [0, 0.05) is 18.7 Å². The predicted octanol–water partition coefficient (Wildman–Crippen LogP) is 2.77. The first-order chi connectivity index (χ1) is 8.52. The smallest absolute Gasteiger partial charge is 0.127 e. The van der Waals surface area contributed by atoms with Crippen LogP contribution in [0.3, 0.4) is 0 Å². The van der Waals surface area contributed by atoms with E-state index in [1.54, 1.807) is 0 Å². The van der Waals surface area contributed by atoms with Gasteiger partial charge >= 0.3 is 0 Å². The standard InChI is InChI=1S/C14H22F2N2/c1-11(2)9-18(7-3-6-17)10-12-8-13(15)4-5-14(12)16/h4-5,8,11H,3,6-7,9-10,17H2,1-2H3. The Morgan fingerprint density at radius 3 is 2.61 bits per heavy atom. The van der Waals surface area contributed by atoms with Crippen molar-refractivity contribution in [2.75, 3.05) is 19.6 Å². The van der Waals surface area contributed by atoms with E-state index in [4.69, 9.17) is 5.73 Å². The number of hydrogen-bond acceptors (Lipinski definition) is 2. The van der Waals surface area contributed by atoms with Crippen LogP contribution >= 0.6 is 0 Å². The molecule has 1 rings (SSSR count). The lowest BCUT2D eigenvalue weighted by molar-refractivity contribution is 0.231. The summed E-state index contributed by atoms with van der Waals surface area (Å²) in [7, 11) is 0. The minimum absolute atomic E-state index is 0.349. The normalized spacial score (nSPS) is 11.5. The largest absolute Gasteiger partial charge is 0.330 e. The van der Waals surface area contributed by atoms with Crippen LogP contribution in [0.15, 0.2) is 18.2 Å². The van der Waals surface area contributed by atoms with E-state index in [1.165, 1.54) is 12.1 Å². The molecule has 0 bridgehead atoms. The lowest BCUT2D eigenvalue weighted by Gasteiger charge is -2.24. The van der Waals surface area contributed by atoms with Gasteiger partial charge in [-0.05, 0) is 43.6 Å². The number of rotatable bonds is 7. The summed E-state index contributed by atoms with van der Waals surface area (Å²) in [5.41, 5.74) is 5.90. The molecule has 0 atom stereocenters. The summed E-state index contributed by atoms with van der Waals surface area (Å²) in [4.78, 5) is 2.12. The highest BCUT2D eigenvalue weighted by atomic mass is 19.1. The first kappa shape index (κ1) is 15.1. The van der Waals surface area contributed by atoms with Crippen LogP contribution in [0.2, 0.25) is 0 Å². The molecule has 0 radical (unpaired) electrons. The van der Waals surface area contributed by atoms with Crippen molar-refractivity contribution in [1.82, 2.24) is 4.90 Å². The third-order valence-electron chi connectivity index (χ3n) is 2.70. The Morgan fingerprint density at radius 1 is 1.28 bits per heavy atom. The van der Waals surface area contributed by atoms with Crippen molar-refractivity contribution in [3.05, 3.63) is 35.4 Å². The van der Waals surface area contributed by atoms with Crippen LogP contribution in [-0.4, -0.2) is 24.5 Å². The fourth-order valence-corrected chi connectivity index (χ4v) is 1.97. The Hall–Kier alpha value is -1.00. The molecule has 2 nitrogen and oxygen atoms in total. The van der Waals surface area contributed by atoms with Crippen LogP contribution in [0, 0.1) is 17.6 Å². The molecule has 0 aromatic heterocycles. The maximum atomic E-state index is 13.6. The molecule has 0 aliphatic rings. The van der Waals surface area contributed by atoms with Crippen molar-refractivity contribution in [1.29, 1.82) is 0 Å². The summed E-state index contributed by atoms with van der Waals surface area (Å²) in [5.74, 6) is -0.257. The third kappa shape index (κ3) is 5.10. The van der Waals surface area contributed by atoms with Gasteiger partial charge in [0.25, 0.3) is 0 Å². The summed E-state index contributed by atoms with van der Waals surface area (Å²) >= 11 is 0. The summed E-state index contributed by atoms with van der Waals surface area (Å²) in [6.07, 6.45) is 0.865. The molecule has 1 aromatic rings. The molecule has 0 spiro atoms. The number of benzene rings is 1. The molecule has 0 aliphatic heterocycles. The highest BCUT2D eigenvalue weighted by Gasteiger charge is 2.11. The van der Waals surface area contributed by atoms with Crippen LogP contribution in [0.1, 0.15) is 25.8 Å². The van der Waals surface area contributed by atoms with Gasteiger partial charge in [-0.1, -0.05) is 13.8 Å². The van der Waals surface area contributed by atoms with Gasteiger partial charge in [0.05, 0.1) is 0 Å². The van der Waals surface area contributed by atoms with Gasteiger partial charge in [0.1, 0.15) is 11.6 Å². The van der Waals surface area contributed by atoms with Gasteiger partial charge in [-0.3, -0.25) is 4.90 Å². The minimum atomic E-state index is -0.394. The first-order valence-electron chi connectivity index (χ1n) is 6.39. The SMILES string of the molecule is CC(C)CN(CCCN)Cc1cc(F)ccc1F. The topological polar surface area (TPSA) is 29.3 Å². The van der Waals surface area contributed by atoms with E-state index in [9.17, 15) is 8.78 Å². The van der Waals surface area contributed by atoms with Crippen LogP contribution in [-0.2, 0) is 6.54 Å². The average Bonchev–Trinajstić information content (AvgIpc) is 2.30. The Morgan fingerprint density at radius 2 is 2.00 bits per heavy atom. The summed E-state index contributed by atoms with van der Waals surface area (Å²) in [6, 6.07) is 3.60. The Balaban J connectivity index is 2.71. The second-order valence-corrected chi connectivity index (χ2v) is 5.01. The van der Waals surface area contributed by atoms with E-state index >= 15 is 0 Å². The minimum Gasteiger partial charge on any atom is -0.330 e. The van der Waals surface area contributed by atoms with Crippen molar-refractivity contribution in [2.45, 2.75) is 26.8 Å². The first-order valence-corrected chi connectivity index (χ1v) is 6.39. The summed E-state index contributed by atoms with van der Waals surface area (Å²) in [5, 5.41) is 0. The Kier molecular flexibility index (Phi) is 6.22. The van der Waals surface area contributed by atoms with Crippen molar-refractivity contribution in [3.63, 3.8) is 0 Å². The Labute approximate surface area is 108 Å². The molecular formula is C14H22F2N2. The lowest BCUT2D eigenvalue weighted by Crippen LogP contribution is -2.30. The number of nitrogens with two attached hydrogens (primary N) is 1. The van der Waals surface area contributed by atoms with Gasteiger partial charge in [-0.25, -0.2) is 8.78 Å². The van der Waals surface area contributed by atoms with Crippen molar-refractivity contribution >= 4 is 0 Å². The van der Waals surface area contributed by atoms with Crippen LogP contribution < -0.4 is 5.73 Å². The summed E-state index contributed by atoms with van der Waals surface area (Å²) < 4.78 is 26.7. The van der Waals surface area contributed by atoms with E-state index in [0.717, 1.165) is 25.6 Å². The lowest BCUT2D eigenvalue weighted by atomic mass is 10.1. The summed E-state index contributed by atoms with van der Waals surface area (Å²) in [6.45, 7) is 6.93. The molecule has 0 heterocycles. The maximum Gasteiger partial charge on any atom is 0.127 e. The number of hydrogen-bond donors (Lipinski definition) is 1. The fraction of sp³-hybridized carbons (Fsp3) is 0.571. The van der Waals surface area contributed by atoms with Gasteiger partial charge in [0.2, 0.25) is 0 Å². The molecule has 0 saturated carbocycles. The third-order valence-corrected chi connectivity index (χ3v) is 2.70. The van der Waals surface area contributed by atoms with Gasteiger partial charge < -0.3 is 5.73 Å². The molecule has 4 heteroatoms. The number of nitrogens with zero attached hydrogens (tertiary/aromatic N) is 1. The van der Waals surface area contributed by atoms with E-state index in [-0.39, 0.29) is 5.82 Å². The number of halogens is 2. The molecule has 0 amide bonds. The van der Waals surface area contributed by atoms with E-state index in [2.05, 4.69) is 18.7 Å². The van der Waals surface area contributed by atoms with Crippen LogP contribution in [0.5, 0.6) is 0 Å². The van der Waals surface area contributed by atoms with Crippen molar-refractivity contribution < 1.29 is 8.78 Å². The molecule has 0 aliphatic carbocycles. The van der Waals surface area contributed by atoms with E-state index in [0.29, 0.717) is 24.6 Å². The van der Waals surface area contributed by atoms with Gasteiger partial charge in [-0.15, -0.1) is 0 Å². The average molecular weight is 256 g/mol. The molecule has 0 fully saturated rings. The highest BCUT2D eigenvalue weighted by Crippen LogP contribution is 2.13. The molecule has 1 aromatic carbocycles. The molecule has 2 N–H and O–H groups in total. The molecular weight excluding hydrogens is 234 g/mol. The quantitative estimate of drug-likeness (QED) is 0.813. The maximum absolute atomic E-state index is 13.6. The fourth-order valence-electron chi connectivity index (χ4n) is 1.97. The molecule has 0 unspecified atom stereocenters. The van der Waals surface area contributed by atoms with E-state index < -0.39 is 5.82 Å². The van der Waals surface area contributed by atoms with Crippen LogP contribution in [0.4, 0.5) is 8.78 Å². The van der Waals surface area contributed by atoms with Gasteiger partial charge in [-0.2, -0.15) is 0 Å². The Bertz CT molecular complexity index is 367. The second kappa shape index (κ2) is 7.44. The van der Waals surface area contributed by atoms with Crippen molar-refractivity contribution in [3.8, 4) is 0 Å². The van der Waals surface area contributed by atoms with Crippen molar-refractivity contribution in [2.24, 2.45) is 11.7 Å². The zero-order valence-corrected chi connectivity index (χ0v) is 11.1. The molecule has 102 valence electrons.